The summed E-state index contributed by atoms with van der Waals surface area (Å²) in [5.41, 5.74) is 3.58. The van der Waals surface area contributed by atoms with Crippen LogP contribution >= 0.6 is 23.1 Å². The molecular weight excluding hydrogens is 480 g/mol. The first-order valence-corrected chi connectivity index (χ1v) is 13.1. The first-order chi connectivity index (χ1) is 16.9. The van der Waals surface area contributed by atoms with Gasteiger partial charge in [0.15, 0.2) is 5.16 Å². The molecule has 0 unspecified atom stereocenters. The molecule has 0 spiro atoms. The van der Waals surface area contributed by atoms with Gasteiger partial charge in [0, 0.05) is 23.7 Å². The average Bonchev–Trinajstić information content (AvgIpc) is 3.22. The van der Waals surface area contributed by atoms with Crippen LogP contribution in [0.5, 0.6) is 5.75 Å². The normalized spacial score (nSPS) is 13.6. The van der Waals surface area contributed by atoms with E-state index in [1.165, 1.54) is 16.6 Å². The lowest BCUT2D eigenvalue weighted by Crippen LogP contribution is -2.27. The molecular formula is C26H26N4O3S2. The second-order valence-corrected chi connectivity index (χ2v) is 10.6. The number of hydrogen-bond donors (Lipinski definition) is 1. The van der Waals surface area contributed by atoms with Gasteiger partial charge in [0.2, 0.25) is 5.91 Å². The third-order valence-corrected chi connectivity index (χ3v) is 8.08. The van der Waals surface area contributed by atoms with E-state index in [9.17, 15) is 9.59 Å². The minimum atomic E-state index is -0.151. The lowest BCUT2D eigenvalue weighted by molar-refractivity contribution is -0.113. The molecule has 180 valence electrons. The SMILES string of the molecule is COc1ccc(-n2c(SCC(=O)Nc3ccc(C)cc3)nc3sc4c(c3c2=O)CCN(C)C4)cc1. The molecule has 0 radical (unpaired) electrons. The van der Waals surface area contributed by atoms with Gasteiger partial charge in [0.05, 0.1) is 23.9 Å². The fourth-order valence-electron chi connectivity index (χ4n) is 4.17. The van der Waals surface area contributed by atoms with Crippen molar-refractivity contribution in [1.82, 2.24) is 14.5 Å². The Kier molecular flexibility index (Phi) is 6.64. The molecule has 3 heterocycles. The molecule has 2 aromatic carbocycles. The van der Waals surface area contributed by atoms with Gasteiger partial charge >= 0.3 is 0 Å². The van der Waals surface area contributed by atoms with E-state index >= 15 is 0 Å². The molecule has 0 aliphatic carbocycles. The van der Waals surface area contributed by atoms with Gasteiger partial charge in [-0.3, -0.25) is 14.2 Å². The number of aromatic nitrogens is 2. The highest BCUT2D eigenvalue weighted by molar-refractivity contribution is 7.99. The fourth-order valence-corrected chi connectivity index (χ4v) is 6.33. The van der Waals surface area contributed by atoms with Crippen LogP contribution in [0.4, 0.5) is 5.69 Å². The van der Waals surface area contributed by atoms with Crippen molar-refractivity contribution >= 4 is 44.9 Å². The summed E-state index contributed by atoms with van der Waals surface area (Å²) in [5.74, 6) is 0.690. The number of nitrogens with zero attached hydrogens (tertiary/aromatic N) is 3. The maximum Gasteiger partial charge on any atom is 0.267 e. The number of anilines is 1. The zero-order chi connectivity index (χ0) is 24.5. The third kappa shape index (κ3) is 4.84. The number of carbonyl (C=O) groups excluding carboxylic acids is 1. The summed E-state index contributed by atoms with van der Waals surface area (Å²) in [7, 11) is 3.70. The molecule has 0 saturated heterocycles. The summed E-state index contributed by atoms with van der Waals surface area (Å²) < 4.78 is 6.91. The van der Waals surface area contributed by atoms with Crippen molar-refractivity contribution in [2.75, 3.05) is 31.8 Å². The van der Waals surface area contributed by atoms with Gasteiger partial charge in [-0.05, 0) is 62.4 Å². The van der Waals surface area contributed by atoms with Crippen molar-refractivity contribution in [2.24, 2.45) is 0 Å². The summed E-state index contributed by atoms with van der Waals surface area (Å²) in [5, 5.41) is 4.11. The Morgan fingerprint density at radius 1 is 1.17 bits per heavy atom. The molecule has 0 fully saturated rings. The molecule has 7 nitrogen and oxygen atoms in total. The highest BCUT2D eigenvalue weighted by atomic mass is 32.2. The molecule has 1 N–H and O–H groups in total. The fraction of sp³-hybridized carbons (Fsp3) is 0.269. The van der Waals surface area contributed by atoms with E-state index < -0.39 is 0 Å². The molecule has 2 aromatic heterocycles. The van der Waals surface area contributed by atoms with Gasteiger partial charge in [0.1, 0.15) is 10.6 Å². The maximum absolute atomic E-state index is 13.9. The molecule has 0 atom stereocenters. The number of benzene rings is 2. The summed E-state index contributed by atoms with van der Waals surface area (Å²) in [6.07, 6.45) is 0.830. The molecule has 35 heavy (non-hydrogen) atoms. The number of hydrogen-bond acceptors (Lipinski definition) is 7. The monoisotopic (exact) mass is 506 g/mol. The smallest absolute Gasteiger partial charge is 0.267 e. The van der Waals surface area contributed by atoms with Crippen LogP contribution in [0.15, 0.2) is 58.5 Å². The van der Waals surface area contributed by atoms with E-state index in [0.29, 0.717) is 22.0 Å². The Labute approximate surface area is 211 Å². The number of nitrogens with one attached hydrogen (secondary N) is 1. The summed E-state index contributed by atoms with van der Waals surface area (Å²) in [6.45, 7) is 3.73. The first kappa shape index (κ1) is 23.6. The molecule has 1 aliphatic heterocycles. The van der Waals surface area contributed by atoms with Crippen LogP contribution in [0.25, 0.3) is 15.9 Å². The van der Waals surface area contributed by atoms with Crippen LogP contribution < -0.4 is 15.6 Å². The van der Waals surface area contributed by atoms with Gasteiger partial charge in [-0.15, -0.1) is 11.3 Å². The summed E-state index contributed by atoms with van der Waals surface area (Å²) >= 11 is 2.84. The molecule has 0 saturated carbocycles. The number of rotatable bonds is 6. The van der Waals surface area contributed by atoms with E-state index in [1.807, 2.05) is 55.5 Å². The van der Waals surface area contributed by atoms with Crippen LogP contribution in [-0.4, -0.2) is 46.8 Å². The number of thioether (sulfide) groups is 1. The Morgan fingerprint density at radius 2 is 1.91 bits per heavy atom. The third-order valence-electron chi connectivity index (χ3n) is 6.03. The van der Waals surface area contributed by atoms with Crippen LogP contribution in [0.3, 0.4) is 0 Å². The molecule has 9 heteroatoms. The Bertz CT molecular complexity index is 1440. The molecule has 1 aliphatic rings. The number of thiophene rings is 1. The summed E-state index contributed by atoms with van der Waals surface area (Å²) in [6, 6.07) is 15.0. The van der Waals surface area contributed by atoms with Crippen LogP contribution in [0.1, 0.15) is 16.0 Å². The van der Waals surface area contributed by atoms with Crippen molar-refractivity contribution in [3.05, 3.63) is 74.9 Å². The standard InChI is InChI=1S/C26H26N4O3S2/c1-16-4-6-17(7-5-16)27-22(31)15-34-26-28-24-23(20-12-13-29(2)14-21(20)35-24)25(32)30(26)18-8-10-19(33-3)11-9-18/h4-11H,12-15H2,1-3H3,(H,27,31). The van der Waals surface area contributed by atoms with E-state index in [4.69, 9.17) is 9.72 Å². The quantitative estimate of drug-likeness (QED) is 0.307. The maximum atomic E-state index is 13.9. The number of aryl methyl sites for hydroxylation is 1. The second-order valence-electron chi connectivity index (χ2n) is 8.61. The Morgan fingerprint density at radius 3 is 2.63 bits per heavy atom. The molecule has 5 rings (SSSR count). The molecule has 0 bridgehead atoms. The Hall–Kier alpha value is -3.14. The van der Waals surface area contributed by atoms with E-state index in [-0.39, 0.29) is 17.2 Å². The minimum absolute atomic E-state index is 0.0938. The van der Waals surface area contributed by atoms with Crippen LogP contribution in [0, 0.1) is 6.92 Å². The Balaban J connectivity index is 1.52. The van der Waals surface area contributed by atoms with Gasteiger partial charge in [-0.25, -0.2) is 4.98 Å². The van der Waals surface area contributed by atoms with Crippen molar-refractivity contribution in [2.45, 2.75) is 25.0 Å². The number of carbonyl (C=O) groups is 1. The van der Waals surface area contributed by atoms with Gasteiger partial charge < -0.3 is 15.0 Å². The lowest BCUT2D eigenvalue weighted by Gasteiger charge is -2.21. The van der Waals surface area contributed by atoms with Crippen molar-refractivity contribution < 1.29 is 9.53 Å². The van der Waals surface area contributed by atoms with E-state index in [0.717, 1.165) is 41.2 Å². The van der Waals surface area contributed by atoms with Crippen LogP contribution in [-0.2, 0) is 17.8 Å². The minimum Gasteiger partial charge on any atom is -0.497 e. The van der Waals surface area contributed by atoms with E-state index in [2.05, 4.69) is 17.3 Å². The molecule has 4 aromatic rings. The van der Waals surface area contributed by atoms with Crippen LogP contribution in [0.2, 0.25) is 0 Å². The average molecular weight is 507 g/mol. The van der Waals surface area contributed by atoms with Gasteiger partial charge in [0.25, 0.3) is 5.56 Å². The highest BCUT2D eigenvalue weighted by Crippen LogP contribution is 2.34. The predicted octanol–water partition coefficient (Wildman–Crippen LogP) is 4.48. The van der Waals surface area contributed by atoms with Crippen molar-refractivity contribution in [3.63, 3.8) is 0 Å². The topological polar surface area (TPSA) is 76.5 Å². The predicted molar refractivity (Wildman–Crippen MR) is 142 cm³/mol. The number of methoxy groups -OCH3 is 1. The first-order valence-electron chi connectivity index (χ1n) is 11.3. The largest absolute Gasteiger partial charge is 0.497 e. The number of likely N-dealkylation sites (N-methyl/N-ethyl adjacent to an activating group) is 1. The van der Waals surface area contributed by atoms with E-state index in [1.54, 1.807) is 23.0 Å². The number of fused-ring (bicyclic) bond motifs is 3. The van der Waals surface area contributed by atoms with Crippen molar-refractivity contribution in [3.8, 4) is 11.4 Å². The van der Waals surface area contributed by atoms with Gasteiger partial charge in [-0.1, -0.05) is 29.5 Å². The number of amides is 1. The number of ether oxygens (including phenoxy) is 1. The van der Waals surface area contributed by atoms with Crippen molar-refractivity contribution in [1.29, 1.82) is 0 Å². The highest BCUT2D eigenvalue weighted by Gasteiger charge is 2.24. The zero-order valence-electron chi connectivity index (χ0n) is 19.8. The lowest BCUT2D eigenvalue weighted by atomic mass is 10.1. The molecule has 1 amide bonds. The second kappa shape index (κ2) is 9.85. The summed E-state index contributed by atoms with van der Waals surface area (Å²) in [4.78, 5) is 35.6. The zero-order valence-corrected chi connectivity index (χ0v) is 21.5. The van der Waals surface area contributed by atoms with Gasteiger partial charge in [-0.2, -0.15) is 0 Å².